The standard InChI is InChI=1S/C21H20N4O/c1-13(2)24-12-25(20-17(24)7-5-10-22-20)18-14(3)8-9-15-16-6-4-11-23-21(16)26-19(15)18/h4-11,13H,12H2,1-3H3. The maximum Gasteiger partial charge on any atom is 0.227 e. The first-order chi connectivity index (χ1) is 12.6. The molecular formula is C21H20N4O. The van der Waals surface area contributed by atoms with Crippen LogP contribution in [0.1, 0.15) is 19.4 Å². The zero-order valence-electron chi connectivity index (χ0n) is 15.1. The van der Waals surface area contributed by atoms with E-state index in [0.29, 0.717) is 11.8 Å². The van der Waals surface area contributed by atoms with Crippen LogP contribution in [0.4, 0.5) is 17.2 Å². The molecule has 1 aliphatic heterocycles. The number of nitrogens with zero attached hydrogens (tertiary/aromatic N) is 4. The lowest BCUT2D eigenvalue weighted by Gasteiger charge is -2.25. The molecule has 0 amide bonds. The first kappa shape index (κ1) is 15.2. The summed E-state index contributed by atoms with van der Waals surface area (Å²) in [6.45, 7) is 7.29. The van der Waals surface area contributed by atoms with Crippen molar-refractivity contribution in [3.63, 3.8) is 0 Å². The van der Waals surface area contributed by atoms with Crippen molar-refractivity contribution in [2.24, 2.45) is 0 Å². The van der Waals surface area contributed by atoms with Gasteiger partial charge in [-0.3, -0.25) is 0 Å². The molecule has 0 aliphatic carbocycles. The van der Waals surface area contributed by atoms with Crippen LogP contribution in [-0.2, 0) is 0 Å². The van der Waals surface area contributed by atoms with E-state index in [1.54, 1.807) is 6.20 Å². The summed E-state index contributed by atoms with van der Waals surface area (Å²) in [4.78, 5) is 13.7. The van der Waals surface area contributed by atoms with Gasteiger partial charge >= 0.3 is 0 Å². The van der Waals surface area contributed by atoms with Crippen molar-refractivity contribution in [1.29, 1.82) is 0 Å². The van der Waals surface area contributed by atoms with E-state index >= 15 is 0 Å². The number of rotatable bonds is 2. The van der Waals surface area contributed by atoms with Crippen LogP contribution in [0.3, 0.4) is 0 Å². The third-order valence-electron chi connectivity index (χ3n) is 5.11. The molecule has 0 atom stereocenters. The molecule has 0 fully saturated rings. The van der Waals surface area contributed by atoms with Gasteiger partial charge in [0, 0.05) is 29.2 Å². The zero-order chi connectivity index (χ0) is 17.8. The van der Waals surface area contributed by atoms with E-state index in [2.05, 4.69) is 64.8 Å². The van der Waals surface area contributed by atoms with Crippen LogP contribution >= 0.6 is 0 Å². The van der Waals surface area contributed by atoms with E-state index in [1.165, 1.54) is 5.56 Å². The van der Waals surface area contributed by atoms with Gasteiger partial charge in [0.2, 0.25) is 5.71 Å². The fourth-order valence-corrected chi connectivity index (χ4v) is 3.83. The topological polar surface area (TPSA) is 45.4 Å². The van der Waals surface area contributed by atoms with Crippen molar-refractivity contribution in [2.75, 3.05) is 16.5 Å². The molecule has 0 bridgehead atoms. The monoisotopic (exact) mass is 344 g/mol. The number of hydrogen-bond acceptors (Lipinski definition) is 5. The smallest absolute Gasteiger partial charge is 0.227 e. The molecule has 26 heavy (non-hydrogen) atoms. The summed E-state index contributed by atoms with van der Waals surface area (Å²) >= 11 is 0. The van der Waals surface area contributed by atoms with Crippen LogP contribution in [0, 0.1) is 6.92 Å². The van der Waals surface area contributed by atoms with E-state index in [-0.39, 0.29) is 0 Å². The average molecular weight is 344 g/mol. The van der Waals surface area contributed by atoms with Crippen LogP contribution in [0.2, 0.25) is 0 Å². The molecule has 4 heterocycles. The number of anilines is 3. The summed E-state index contributed by atoms with van der Waals surface area (Å²) in [5.74, 6) is 0.977. The second-order valence-electron chi connectivity index (χ2n) is 7.05. The molecule has 130 valence electrons. The van der Waals surface area contributed by atoms with Gasteiger partial charge in [0.05, 0.1) is 18.0 Å². The van der Waals surface area contributed by atoms with Crippen molar-refractivity contribution >= 4 is 39.3 Å². The van der Waals surface area contributed by atoms with Crippen molar-refractivity contribution in [1.82, 2.24) is 9.97 Å². The largest absolute Gasteiger partial charge is 0.435 e. The summed E-state index contributed by atoms with van der Waals surface area (Å²) in [7, 11) is 0. The van der Waals surface area contributed by atoms with Gasteiger partial charge in [-0.15, -0.1) is 0 Å². The third-order valence-corrected chi connectivity index (χ3v) is 5.11. The molecule has 0 N–H and O–H groups in total. The van der Waals surface area contributed by atoms with Crippen molar-refractivity contribution in [3.05, 3.63) is 54.4 Å². The Kier molecular flexibility index (Phi) is 3.19. The zero-order valence-corrected chi connectivity index (χ0v) is 15.1. The summed E-state index contributed by atoms with van der Waals surface area (Å²) in [6.07, 6.45) is 3.62. The number of aromatic nitrogens is 2. The van der Waals surface area contributed by atoms with Gasteiger partial charge in [-0.05, 0) is 50.6 Å². The number of fused-ring (bicyclic) bond motifs is 4. The molecule has 5 nitrogen and oxygen atoms in total. The molecule has 0 spiro atoms. The second kappa shape index (κ2) is 5.46. The highest BCUT2D eigenvalue weighted by Gasteiger charge is 2.32. The molecule has 3 aromatic heterocycles. The maximum atomic E-state index is 6.19. The number of hydrogen-bond donors (Lipinski definition) is 0. The normalized spacial score (nSPS) is 14.0. The predicted octanol–water partition coefficient (Wildman–Crippen LogP) is 5.01. The SMILES string of the molecule is Cc1ccc2c(oc3ncccc32)c1N1CN(C(C)C)c2cccnc21. The molecular weight excluding hydrogens is 324 g/mol. The summed E-state index contributed by atoms with van der Waals surface area (Å²) in [5, 5.41) is 2.14. The molecule has 5 rings (SSSR count). The van der Waals surface area contributed by atoms with E-state index < -0.39 is 0 Å². The number of benzene rings is 1. The molecule has 0 saturated carbocycles. The Balaban J connectivity index is 1.78. The van der Waals surface area contributed by atoms with E-state index in [4.69, 9.17) is 4.42 Å². The maximum absolute atomic E-state index is 6.19. The number of furan rings is 1. The van der Waals surface area contributed by atoms with Gasteiger partial charge in [0.1, 0.15) is 0 Å². The molecule has 0 radical (unpaired) electrons. The quantitative estimate of drug-likeness (QED) is 0.511. The van der Waals surface area contributed by atoms with Gasteiger partial charge < -0.3 is 14.2 Å². The molecule has 0 saturated heterocycles. The lowest BCUT2D eigenvalue weighted by molar-refractivity contribution is 0.651. The van der Waals surface area contributed by atoms with Crippen molar-refractivity contribution < 1.29 is 4.42 Å². The fraction of sp³-hybridized carbons (Fsp3) is 0.238. The van der Waals surface area contributed by atoms with Crippen LogP contribution < -0.4 is 9.80 Å². The van der Waals surface area contributed by atoms with Gasteiger partial charge in [-0.1, -0.05) is 12.1 Å². The lowest BCUT2D eigenvalue weighted by atomic mass is 10.1. The van der Waals surface area contributed by atoms with Gasteiger partial charge in [0.15, 0.2) is 11.4 Å². The van der Waals surface area contributed by atoms with Crippen molar-refractivity contribution in [2.45, 2.75) is 26.8 Å². The Morgan fingerprint density at radius 2 is 1.81 bits per heavy atom. The highest BCUT2D eigenvalue weighted by molar-refractivity contribution is 6.09. The molecule has 0 unspecified atom stereocenters. The van der Waals surface area contributed by atoms with Crippen LogP contribution in [0.5, 0.6) is 0 Å². The van der Waals surface area contributed by atoms with Crippen LogP contribution in [0.15, 0.2) is 53.2 Å². The Bertz CT molecular complexity index is 1130. The minimum Gasteiger partial charge on any atom is -0.435 e. The van der Waals surface area contributed by atoms with Crippen LogP contribution in [0.25, 0.3) is 22.1 Å². The van der Waals surface area contributed by atoms with Gasteiger partial charge in [-0.2, -0.15) is 0 Å². The van der Waals surface area contributed by atoms with E-state index in [9.17, 15) is 0 Å². The van der Waals surface area contributed by atoms with Gasteiger partial charge in [0.25, 0.3) is 0 Å². The molecule has 1 aliphatic rings. The summed E-state index contributed by atoms with van der Waals surface area (Å²) in [5.41, 5.74) is 4.95. The lowest BCUT2D eigenvalue weighted by Crippen LogP contribution is -2.33. The Morgan fingerprint density at radius 1 is 1.00 bits per heavy atom. The highest BCUT2D eigenvalue weighted by atomic mass is 16.3. The minimum absolute atomic E-state index is 0.389. The summed E-state index contributed by atoms with van der Waals surface area (Å²) < 4.78 is 6.19. The molecule has 1 aromatic carbocycles. The van der Waals surface area contributed by atoms with Crippen molar-refractivity contribution in [3.8, 4) is 0 Å². The first-order valence-electron chi connectivity index (χ1n) is 8.91. The summed E-state index contributed by atoms with van der Waals surface area (Å²) in [6, 6.07) is 12.8. The predicted molar refractivity (Wildman–Crippen MR) is 105 cm³/mol. The number of pyridine rings is 2. The fourth-order valence-electron chi connectivity index (χ4n) is 3.83. The minimum atomic E-state index is 0.389. The van der Waals surface area contributed by atoms with E-state index in [0.717, 1.165) is 40.2 Å². The molecule has 4 aromatic rings. The Hall–Kier alpha value is -3.08. The Labute approximate surface area is 151 Å². The van der Waals surface area contributed by atoms with Gasteiger partial charge in [-0.25, -0.2) is 9.97 Å². The van der Waals surface area contributed by atoms with Crippen LogP contribution in [-0.4, -0.2) is 22.7 Å². The number of aryl methyl sites for hydroxylation is 1. The first-order valence-corrected chi connectivity index (χ1v) is 8.91. The third kappa shape index (κ3) is 2.03. The Morgan fingerprint density at radius 3 is 2.65 bits per heavy atom. The highest BCUT2D eigenvalue weighted by Crippen LogP contribution is 2.45. The average Bonchev–Trinajstić information content (AvgIpc) is 3.20. The molecule has 5 heteroatoms. The second-order valence-corrected chi connectivity index (χ2v) is 7.05. The van der Waals surface area contributed by atoms with E-state index in [1.807, 2.05) is 18.3 Å².